The van der Waals surface area contributed by atoms with Gasteiger partial charge >= 0.3 is 6.18 Å². The summed E-state index contributed by atoms with van der Waals surface area (Å²) in [5.41, 5.74) is 1.10. The van der Waals surface area contributed by atoms with Crippen molar-refractivity contribution in [3.8, 4) is 0 Å². The standard InChI is InChI=1S/C18H16F3N5O/c1-11-5-2-3-6-12(11)9-15(16-23-25-26-24-16)17(27)22-14-8-4-7-13(10-14)18(19,20)21/h2-8,10,15H,9H2,1H3,(H,22,27)(H,23,24,25,26)/t15-/m1/s1. The van der Waals surface area contributed by atoms with Gasteiger partial charge in [-0.05, 0) is 42.7 Å². The molecule has 0 radical (unpaired) electrons. The molecule has 0 aliphatic carbocycles. The Hall–Kier alpha value is -3.23. The zero-order valence-electron chi connectivity index (χ0n) is 14.3. The van der Waals surface area contributed by atoms with Crippen molar-refractivity contribution in [1.29, 1.82) is 0 Å². The summed E-state index contributed by atoms with van der Waals surface area (Å²) in [6, 6.07) is 12.0. The largest absolute Gasteiger partial charge is 0.416 e. The number of nitrogens with zero attached hydrogens (tertiary/aromatic N) is 3. The second kappa shape index (κ2) is 7.56. The summed E-state index contributed by atoms with van der Waals surface area (Å²) in [4.78, 5) is 12.8. The van der Waals surface area contributed by atoms with Crippen molar-refractivity contribution >= 4 is 11.6 Å². The molecule has 0 unspecified atom stereocenters. The lowest BCUT2D eigenvalue weighted by Crippen LogP contribution is -2.24. The Morgan fingerprint density at radius 1 is 1.19 bits per heavy atom. The average Bonchev–Trinajstić information content (AvgIpc) is 3.14. The van der Waals surface area contributed by atoms with E-state index < -0.39 is 23.6 Å². The lowest BCUT2D eigenvalue weighted by molar-refractivity contribution is -0.137. The summed E-state index contributed by atoms with van der Waals surface area (Å²) in [5, 5.41) is 16.0. The summed E-state index contributed by atoms with van der Waals surface area (Å²) in [6.07, 6.45) is -4.20. The van der Waals surface area contributed by atoms with E-state index >= 15 is 0 Å². The van der Waals surface area contributed by atoms with Crippen LogP contribution in [0.5, 0.6) is 0 Å². The normalized spacial score (nSPS) is 12.6. The van der Waals surface area contributed by atoms with E-state index in [-0.39, 0.29) is 17.9 Å². The molecule has 0 spiro atoms. The van der Waals surface area contributed by atoms with E-state index in [4.69, 9.17) is 0 Å². The number of benzene rings is 2. The number of alkyl halides is 3. The molecular formula is C18H16F3N5O. The van der Waals surface area contributed by atoms with E-state index in [1.165, 1.54) is 12.1 Å². The quantitative estimate of drug-likeness (QED) is 0.715. The van der Waals surface area contributed by atoms with Gasteiger partial charge in [-0.2, -0.15) is 18.4 Å². The zero-order valence-corrected chi connectivity index (χ0v) is 14.3. The molecule has 0 saturated carbocycles. The van der Waals surface area contributed by atoms with Gasteiger partial charge in [0.25, 0.3) is 0 Å². The fraction of sp³-hybridized carbons (Fsp3) is 0.222. The Morgan fingerprint density at radius 3 is 2.63 bits per heavy atom. The minimum absolute atomic E-state index is 0.0492. The molecule has 27 heavy (non-hydrogen) atoms. The molecule has 0 aliphatic rings. The number of carbonyl (C=O) groups is 1. The number of carbonyl (C=O) groups excluding carboxylic acids is 1. The number of nitrogens with one attached hydrogen (secondary N) is 2. The second-order valence-electron chi connectivity index (χ2n) is 6.02. The number of hydrogen-bond donors (Lipinski definition) is 2. The molecule has 1 amide bonds. The van der Waals surface area contributed by atoms with Crippen molar-refractivity contribution in [3.05, 3.63) is 71.0 Å². The third-order valence-electron chi connectivity index (χ3n) is 4.13. The molecule has 1 aromatic heterocycles. The fourth-order valence-corrected chi connectivity index (χ4v) is 2.68. The van der Waals surface area contributed by atoms with E-state index in [0.29, 0.717) is 0 Å². The van der Waals surface area contributed by atoms with Crippen molar-refractivity contribution in [2.75, 3.05) is 5.32 Å². The van der Waals surface area contributed by atoms with Crippen LogP contribution >= 0.6 is 0 Å². The first-order chi connectivity index (χ1) is 12.8. The highest BCUT2D eigenvalue weighted by molar-refractivity contribution is 5.95. The van der Waals surface area contributed by atoms with Gasteiger partial charge in [0.1, 0.15) is 5.92 Å². The second-order valence-corrected chi connectivity index (χ2v) is 6.02. The Bertz CT molecular complexity index is 925. The van der Waals surface area contributed by atoms with Crippen LogP contribution in [0.2, 0.25) is 0 Å². The lowest BCUT2D eigenvalue weighted by atomic mass is 9.94. The monoisotopic (exact) mass is 375 g/mol. The topological polar surface area (TPSA) is 83.6 Å². The van der Waals surface area contributed by atoms with E-state index in [9.17, 15) is 18.0 Å². The maximum Gasteiger partial charge on any atom is 0.416 e. The zero-order chi connectivity index (χ0) is 19.4. The van der Waals surface area contributed by atoms with Gasteiger partial charge in [0, 0.05) is 5.69 Å². The van der Waals surface area contributed by atoms with Crippen LogP contribution < -0.4 is 5.32 Å². The van der Waals surface area contributed by atoms with Gasteiger partial charge in [0.2, 0.25) is 5.91 Å². The van der Waals surface area contributed by atoms with Gasteiger partial charge in [-0.3, -0.25) is 4.79 Å². The van der Waals surface area contributed by atoms with Crippen molar-refractivity contribution in [2.45, 2.75) is 25.4 Å². The number of rotatable bonds is 5. The van der Waals surface area contributed by atoms with Gasteiger partial charge in [-0.25, -0.2) is 0 Å². The Labute approximate surface area is 152 Å². The third kappa shape index (κ3) is 4.49. The molecule has 3 aromatic rings. The molecule has 1 heterocycles. The maximum absolute atomic E-state index is 12.9. The number of aromatic nitrogens is 4. The summed E-state index contributed by atoms with van der Waals surface area (Å²) in [5.74, 6) is -1.15. The smallest absolute Gasteiger partial charge is 0.325 e. The number of tetrazole rings is 1. The van der Waals surface area contributed by atoms with Gasteiger partial charge in [0.05, 0.1) is 5.56 Å². The van der Waals surface area contributed by atoms with Gasteiger partial charge in [-0.1, -0.05) is 35.5 Å². The molecule has 1 atom stereocenters. The van der Waals surface area contributed by atoms with Crippen LogP contribution in [0, 0.1) is 6.92 Å². The fourth-order valence-electron chi connectivity index (χ4n) is 2.68. The maximum atomic E-state index is 12.9. The number of anilines is 1. The van der Waals surface area contributed by atoms with Crippen molar-refractivity contribution in [1.82, 2.24) is 20.6 Å². The Morgan fingerprint density at radius 2 is 1.96 bits per heavy atom. The summed E-state index contributed by atoms with van der Waals surface area (Å²) in [6.45, 7) is 1.91. The molecule has 6 nitrogen and oxygen atoms in total. The summed E-state index contributed by atoms with van der Waals surface area (Å²) >= 11 is 0. The number of aromatic amines is 1. The first kappa shape index (κ1) is 18.6. The average molecular weight is 375 g/mol. The Balaban J connectivity index is 1.85. The number of H-pyrrole nitrogens is 1. The minimum Gasteiger partial charge on any atom is -0.325 e. The molecule has 140 valence electrons. The molecule has 9 heteroatoms. The number of halogens is 3. The molecule has 3 rings (SSSR count). The van der Waals surface area contributed by atoms with Crippen LogP contribution in [-0.4, -0.2) is 26.5 Å². The molecule has 2 N–H and O–H groups in total. The molecule has 0 saturated heterocycles. The highest BCUT2D eigenvalue weighted by Gasteiger charge is 2.31. The SMILES string of the molecule is Cc1ccccc1C[C@@H](C(=O)Nc1cccc(C(F)(F)F)c1)c1nn[nH]n1. The minimum atomic E-state index is -4.49. The predicted octanol–water partition coefficient (Wildman–Crippen LogP) is 3.49. The van der Waals surface area contributed by atoms with Crippen LogP contribution in [-0.2, 0) is 17.4 Å². The molecule has 0 aliphatic heterocycles. The third-order valence-corrected chi connectivity index (χ3v) is 4.13. The molecule has 2 aromatic carbocycles. The molecular weight excluding hydrogens is 359 g/mol. The van der Waals surface area contributed by atoms with E-state index in [1.54, 1.807) is 0 Å². The summed E-state index contributed by atoms with van der Waals surface area (Å²) in [7, 11) is 0. The number of aryl methyl sites for hydroxylation is 1. The van der Waals surface area contributed by atoms with E-state index in [2.05, 4.69) is 25.9 Å². The highest BCUT2D eigenvalue weighted by atomic mass is 19.4. The van der Waals surface area contributed by atoms with Gasteiger partial charge in [0.15, 0.2) is 5.82 Å². The van der Waals surface area contributed by atoms with Gasteiger partial charge < -0.3 is 5.32 Å². The van der Waals surface area contributed by atoms with Crippen LogP contribution in [0.25, 0.3) is 0 Å². The van der Waals surface area contributed by atoms with Crippen LogP contribution in [0.3, 0.4) is 0 Å². The van der Waals surface area contributed by atoms with E-state index in [0.717, 1.165) is 23.3 Å². The molecule has 0 fully saturated rings. The first-order valence-electron chi connectivity index (χ1n) is 8.10. The van der Waals surface area contributed by atoms with Crippen LogP contribution in [0.15, 0.2) is 48.5 Å². The van der Waals surface area contributed by atoms with Crippen molar-refractivity contribution in [3.63, 3.8) is 0 Å². The van der Waals surface area contributed by atoms with Crippen molar-refractivity contribution in [2.24, 2.45) is 0 Å². The molecule has 0 bridgehead atoms. The van der Waals surface area contributed by atoms with Crippen LogP contribution in [0.1, 0.15) is 28.4 Å². The van der Waals surface area contributed by atoms with Crippen molar-refractivity contribution < 1.29 is 18.0 Å². The van der Waals surface area contributed by atoms with Crippen LogP contribution in [0.4, 0.5) is 18.9 Å². The first-order valence-corrected chi connectivity index (χ1v) is 8.10. The summed E-state index contributed by atoms with van der Waals surface area (Å²) < 4.78 is 38.6. The predicted molar refractivity (Wildman–Crippen MR) is 91.9 cm³/mol. The van der Waals surface area contributed by atoms with E-state index in [1.807, 2.05) is 31.2 Å². The highest BCUT2D eigenvalue weighted by Crippen LogP contribution is 2.31. The Kier molecular flexibility index (Phi) is 5.20. The van der Waals surface area contributed by atoms with Gasteiger partial charge in [-0.15, -0.1) is 10.2 Å². The number of hydrogen-bond acceptors (Lipinski definition) is 4. The lowest BCUT2D eigenvalue weighted by Gasteiger charge is -2.16. The number of amides is 1.